The van der Waals surface area contributed by atoms with Crippen LogP contribution in [-0.4, -0.2) is 0 Å². The van der Waals surface area contributed by atoms with Crippen LogP contribution in [-0.2, 0) is 0 Å². The molecule has 0 radical (unpaired) electrons. The molecular weight excluding hydrogens is 382 g/mol. The number of nitrogens with one attached hydrogen (secondary N) is 1. The summed E-state index contributed by atoms with van der Waals surface area (Å²) in [6, 6.07) is 8.85. The van der Waals surface area contributed by atoms with E-state index in [0.29, 0.717) is 5.56 Å². The van der Waals surface area contributed by atoms with Gasteiger partial charge in [-0.05, 0) is 45.8 Å². The number of nitrogens with two attached hydrogens (primary N) is 1. The van der Waals surface area contributed by atoms with Crippen molar-refractivity contribution in [3.05, 3.63) is 68.1 Å². The van der Waals surface area contributed by atoms with Crippen molar-refractivity contribution in [2.24, 2.45) is 5.84 Å². The average Bonchev–Trinajstić information content (AvgIpc) is 2.39. The van der Waals surface area contributed by atoms with Gasteiger partial charge in [0.05, 0.1) is 10.5 Å². The van der Waals surface area contributed by atoms with Gasteiger partial charge in [0.1, 0.15) is 11.6 Å². The fourth-order valence-electron chi connectivity index (χ4n) is 1.84. The van der Waals surface area contributed by atoms with Crippen LogP contribution in [0.3, 0.4) is 0 Å². The number of rotatable bonds is 3. The van der Waals surface area contributed by atoms with Gasteiger partial charge in [-0.2, -0.15) is 0 Å². The van der Waals surface area contributed by atoms with Crippen LogP contribution in [0.2, 0.25) is 0 Å². The SMILES string of the molecule is NNC(c1cccc(Br)c1)c1c(F)ccc(Br)c1F. The predicted octanol–water partition coefficient (Wildman–Crippen LogP) is 4.04. The number of hydrogen-bond donors (Lipinski definition) is 2. The van der Waals surface area contributed by atoms with Crippen molar-refractivity contribution in [2.45, 2.75) is 6.04 Å². The van der Waals surface area contributed by atoms with Crippen LogP contribution in [0, 0.1) is 11.6 Å². The smallest absolute Gasteiger partial charge is 0.145 e. The normalized spacial score (nSPS) is 12.5. The minimum Gasteiger partial charge on any atom is -0.271 e. The standard InChI is InChI=1S/C13H10Br2F2N2/c14-8-3-1-2-7(6-8)13(19-18)11-10(16)5-4-9(15)12(11)17/h1-6,13,19H,18H2. The second-order valence-electron chi connectivity index (χ2n) is 3.91. The zero-order chi connectivity index (χ0) is 14.0. The lowest BCUT2D eigenvalue weighted by atomic mass is 9.98. The molecule has 0 heterocycles. The van der Waals surface area contributed by atoms with Gasteiger partial charge in [0.25, 0.3) is 0 Å². The zero-order valence-electron chi connectivity index (χ0n) is 9.63. The van der Waals surface area contributed by atoms with Crippen molar-refractivity contribution in [3.63, 3.8) is 0 Å². The molecule has 0 fully saturated rings. The first-order valence-corrected chi connectivity index (χ1v) is 6.98. The van der Waals surface area contributed by atoms with Gasteiger partial charge in [0.15, 0.2) is 0 Å². The van der Waals surface area contributed by atoms with E-state index in [4.69, 9.17) is 5.84 Å². The highest BCUT2D eigenvalue weighted by Gasteiger charge is 2.22. The van der Waals surface area contributed by atoms with Crippen LogP contribution in [0.4, 0.5) is 8.78 Å². The second kappa shape index (κ2) is 6.09. The van der Waals surface area contributed by atoms with E-state index in [2.05, 4.69) is 37.3 Å². The lowest BCUT2D eigenvalue weighted by molar-refractivity contribution is 0.507. The monoisotopic (exact) mass is 390 g/mol. The molecule has 2 rings (SSSR count). The fourth-order valence-corrected chi connectivity index (χ4v) is 2.60. The van der Waals surface area contributed by atoms with E-state index in [9.17, 15) is 8.78 Å². The van der Waals surface area contributed by atoms with Gasteiger partial charge in [0, 0.05) is 10.0 Å². The molecule has 2 nitrogen and oxygen atoms in total. The minimum atomic E-state index is -0.769. The Hall–Kier alpha value is -0.820. The summed E-state index contributed by atoms with van der Waals surface area (Å²) >= 11 is 6.36. The topological polar surface area (TPSA) is 38.0 Å². The van der Waals surface area contributed by atoms with Gasteiger partial charge in [-0.15, -0.1) is 0 Å². The molecule has 6 heteroatoms. The lowest BCUT2D eigenvalue weighted by Gasteiger charge is -2.19. The van der Waals surface area contributed by atoms with Crippen LogP contribution in [0.1, 0.15) is 17.2 Å². The third kappa shape index (κ3) is 3.02. The first-order chi connectivity index (χ1) is 9.04. The van der Waals surface area contributed by atoms with E-state index in [1.165, 1.54) is 12.1 Å². The summed E-state index contributed by atoms with van der Waals surface area (Å²) < 4.78 is 29.0. The first-order valence-electron chi connectivity index (χ1n) is 5.39. The molecule has 0 spiro atoms. The Balaban J connectivity index is 2.57. The molecule has 0 saturated carbocycles. The Morgan fingerprint density at radius 2 is 1.84 bits per heavy atom. The molecule has 0 aliphatic heterocycles. The fraction of sp³-hybridized carbons (Fsp3) is 0.0769. The van der Waals surface area contributed by atoms with E-state index >= 15 is 0 Å². The van der Waals surface area contributed by atoms with E-state index in [-0.39, 0.29) is 10.0 Å². The Morgan fingerprint density at radius 1 is 1.11 bits per heavy atom. The molecule has 0 aliphatic rings. The number of halogens is 4. The van der Waals surface area contributed by atoms with E-state index < -0.39 is 17.7 Å². The highest BCUT2D eigenvalue weighted by Crippen LogP contribution is 2.31. The molecule has 0 aromatic heterocycles. The van der Waals surface area contributed by atoms with Crippen LogP contribution < -0.4 is 11.3 Å². The Morgan fingerprint density at radius 3 is 2.47 bits per heavy atom. The van der Waals surface area contributed by atoms with Crippen molar-refractivity contribution in [1.82, 2.24) is 5.43 Å². The van der Waals surface area contributed by atoms with Crippen molar-refractivity contribution in [2.75, 3.05) is 0 Å². The second-order valence-corrected chi connectivity index (χ2v) is 5.68. The van der Waals surface area contributed by atoms with Gasteiger partial charge < -0.3 is 0 Å². The molecule has 0 aliphatic carbocycles. The highest BCUT2D eigenvalue weighted by molar-refractivity contribution is 9.10. The van der Waals surface area contributed by atoms with E-state index in [1.54, 1.807) is 18.2 Å². The molecular formula is C13H10Br2F2N2. The maximum atomic E-state index is 14.1. The van der Waals surface area contributed by atoms with Gasteiger partial charge in [-0.25, -0.2) is 14.2 Å². The van der Waals surface area contributed by atoms with Crippen LogP contribution in [0.15, 0.2) is 45.3 Å². The summed E-state index contributed by atoms with van der Waals surface area (Å²) in [7, 11) is 0. The van der Waals surface area contributed by atoms with Crippen molar-refractivity contribution in [1.29, 1.82) is 0 Å². The van der Waals surface area contributed by atoms with Gasteiger partial charge in [0.2, 0.25) is 0 Å². The van der Waals surface area contributed by atoms with Crippen LogP contribution >= 0.6 is 31.9 Å². The van der Waals surface area contributed by atoms with Crippen LogP contribution in [0.5, 0.6) is 0 Å². The summed E-state index contributed by atoms with van der Waals surface area (Å²) in [5, 5.41) is 0. The molecule has 19 heavy (non-hydrogen) atoms. The van der Waals surface area contributed by atoms with Crippen molar-refractivity contribution >= 4 is 31.9 Å². The first kappa shape index (κ1) is 14.6. The van der Waals surface area contributed by atoms with Gasteiger partial charge in [-0.1, -0.05) is 28.1 Å². The molecule has 0 bridgehead atoms. The van der Waals surface area contributed by atoms with E-state index in [1.807, 2.05) is 6.07 Å². The molecule has 2 aromatic rings. The molecule has 3 N–H and O–H groups in total. The quantitative estimate of drug-likeness (QED) is 0.470. The third-order valence-electron chi connectivity index (χ3n) is 2.72. The van der Waals surface area contributed by atoms with Crippen LogP contribution in [0.25, 0.3) is 0 Å². The Kier molecular flexibility index (Phi) is 4.67. The summed E-state index contributed by atoms with van der Waals surface area (Å²) in [6.45, 7) is 0. The van der Waals surface area contributed by atoms with Gasteiger partial charge in [-0.3, -0.25) is 5.84 Å². The molecule has 2 aromatic carbocycles. The molecule has 0 saturated heterocycles. The zero-order valence-corrected chi connectivity index (χ0v) is 12.8. The number of hydrazine groups is 1. The average molecular weight is 392 g/mol. The molecule has 0 amide bonds. The molecule has 1 atom stereocenters. The maximum Gasteiger partial charge on any atom is 0.145 e. The van der Waals surface area contributed by atoms with Crippen molar-refractivity contribution < 1.29 is 8.78 Å². The van der Waals surface area contributed by atoms with Gasteiger partial charge >= 0.3 is 0 Å². The summed E-state index contributed by atoms with van der Waals surface area (Å²) in [4.78, 5) is 0. The maximum absolute atomic E-state index is 14.1. The predicted molar refractivity (Wildman–Crippen MR) is 77.4 cm³/mol. The minimum absolute atomic E-state index is 0.116. The Bertz CT molecular complexity index is 605. The van der Waals surface area contributed by atoms with Crippen molar-refractivity contribution in [3.8, 4) is 0 Å². The number of hydrogen-bond acceptors (Lipinski definition) is 2. The Labute approximate surface area is 126 Å². The molecule has 1 unspecified atom stereocenters. The number of benzene rings is 2. The molecule has 100 valence electrons. The summed E-state index contributed by atoms with van der Waals surface area (Å²) in [5.74, 6) is 4.15. The summed E-state index contributed by atoms with van der Waals surface area (Å²) in [5.41, 5.74) is 2.99. The third-order valence-corrected chi connectivity index (χ3v) is 3.82. The largest absolute Gasteiger partial charge is 0.271 e. The lowest BCUT2D eigenvalue weighted by Crippen LogP contribution is -2.30. The highest BCUT2D eigenvalue weighted by atomic mass is 79.9. The van der Waals surface area contributed by atoms with E-state index in [0.717, 1.165) is 4.47 Å². The summed E-state index contributed by atoms with van der Waals surface area (Å²) in [6.07, 6.45) is 0.